The molecule has 1 aromatic heterocycles. The third-order valence-corrected chi connectivity index (χ3v) is 4.30. The highest BCUT2D eigenvalue weighted by Crippen LogP contribution is 2.17. The quantitative estimate of drug-likeness (QED) is 0.816. The van der Waals surface area contributed by atoms with Crippen LogP contribution in [0.5, 0.6) is 0 Å². The van der Waals surface area contributed by atoms with Crippen molar-refractivity contribution >= 4 is 29.3 Å². The first-order valence-electron chi connectivity index (χ1n) is 6.81. The van der Waals surface area contributed by atoms with E-state index >= 15 is 0 Å². The average molecular weight is 337 g/mol. The van der Waals surface area contributed by atoms with Crippen molar-refractivity contribution in [2.75, 3.05) is 12.4 Å². The summed E-state index contributed by atoms with van der Waals surface area (Å²) in [5.41, 5.74) is 1.96. The van der Waals surface area contributed by atoms with Crippen LogP contribution < -0.4 is 5.32 Å². The first-order chi connectivity index (χ1) is 10.7. The summed E-state index contributed by atoms with van der Waals surface area (Å²) in [7, 11) is 0. The van der Waals surface area contributed by atoms with Crippen LogP contribution in [-0.2, 0) is 10.5 Å². The van der Waals surface area contributed by atoms with Gasteiger partial charge in [0.25, 0.3) is 0 Å². The number of pyridine rings is 1. The van der Waals surface area contributed by atoms with Crippen LogP contribution in [-0.4, -0.2) is 28.4 Å². The molecule has 0 aliphatic heterocycles. The van der Waals surface area contributed by atoms with E-state index in [0.717, 1.165) is 16.9 Å². The van der Waals surface area contributed by atoms with Gasteiger partial charge in [0.15, 0.2) is 0 Å². The predicted molar refractivity (Wildman–Crippen MR) is 89.8 cm³/mol. The second-order valence-electron chi connectivity index (χ2n) is 4.70. The van der Waals surface area contributed by atoms with Crippen LogP contribution in [0.2, 0.25) is 5.02 Å². The zero-order valence-electron chi connectivity index (χ0n) is 11.9. The number of aliphatic hydroxyl groups is 1. The number of hydrogen-bond donors (Lipinski definition) is 2. The van der Waals surface area contributed by atoms with Crippen molar-refractivity contribution in [1.82, 2.24) is 10.3 Å². The first-order valence-corrected chi connectivity index (χ1v) is 8.34. The van der Waals surface area contributed by atoms with Gasteiger partial charge in [-0.25, -0.2) is 0 Å². The number of aliphatic hydroxyl groups excluding tert-OH is 1. The van der Waals surface area contributed by atoms with Crippen LogP contribution in [0.4, 0.5) is 0 Å². The van der Waals surface area contributed by atoms with Crippen LogP contribution in [0.25, 0.3) is 0 Å². The summed E-state index contributed by atoms with van der Waals surface area (Å²) in [6.45, 7) is -0.150. The Bertz CT molecular complexity index is 593. The fraction of sp³-hybridized carbons (Fsp3) is 0.250. The average Bonchev–Trinajstić information content (AvgIpc) is 2.54. The van der Waals surface area contributed by atoms with Gasteiger partial charge >= 0.3 is 0 Å². The molecular weight excluding hydrogens is 320 g/mol. The van der Waals surface area contributed by atoms with Crippen molar-refractivity contribution < 1.29 is 9.90 Å². The third-order valence-electron chi connectivity index (χ3n) is 3.04. The molecular formula is C16H17ClN2O2S. The van der Waals surface area contributed by atoms with Gasteiger partial charge < -0.3 is 10.4 Å². The summed E-state index contributed by atoms with van der Waals surface area (Å²) in [5, 5.41) is 12.9. The normalized spacial score (nSPS) is 11.9. The van der Waals surface area contributed by atoms with Crippen molar-refractivity contribution in [2.24, 2.45) is 0 Å². The van der Waals surface area contributed by atoms with E-state index in [1.165, 1.54) is 11.8 Å². The lowest BCUT2D eigenvalue weighted by atomic mass is 10.1. The lowest BCUT2D eigenvalue weighted by Crippen LogP contribution is -2.32. The molecule has 1 aromatic carbocycles. The van der Waals surface area contributed by atoms with E-state index in [2.05, 4.69) is 10.3 Å². The Kier molecular flexibility index (Phi) is 6.71. The highest BCUT2D eigenvalue weighted by molar-refractivity contribution is 7.99. The van der Waals surface area contributed by atoms with Crippen molar-refractivity contribution in [3.8, 4) is 0 Å². The number of nitrogens with one attached hydrogen (secondary N) is 1. The maximum atomic E-state index is 12.0. The molecule has 0 aliphatic carbocycles. The molecule has 1 unspecified atom stereocenters. The largest absolute Gasteiger partial charge is 0.394 e. The van der Waals surface area contributed by atoms with E-state index in [9.17, 15) is 9.90 Å². The molecule has 2 aromatic rings. The van der Waals surface area contributed by atoms with Crippen LogP contribution in [0.1, 0.15) is 17.2 Å². The standard InChI is InChI=1S/C16H17ClN2O2S/c17-14-3-1-13(2-4-14)15(9-20)19-16(21)11-22-10-12-5-7-18-8-6-12/h1-8,15,20H,9-11H2,(H,19,21). The molecule has 0 spiro atoms. The fourth-order valence-corrected chi connectivity index (χ4v) is 2.83. The van der Waals surface area contributed by atoms with Gasteiger partial charge in [-0.3, -0.25) is 9.78 Å². The minimum Gasteiger partial charge on any atom is -0.394 e. The first kappa shape index (κ1) is 16.8. The summed E-state index contributed by atoms with van der Waals surface area (Å²) in [5.74, 6) is 0.987. The number of thioether (sulfide) groups is 1. The van der Waals surface area contributed by atoms with Crippen molar-refractivity contribution in [3.63, 3.8) is 0 Å². The Morgan fingerprint density at radius 3 is 2.55 bits per heavy atom. The molecule has 2 rings (SSSR count). The zero-order chi connectivity index (χ0) is 15.8. The number of aromatic nitrogens is 1. The molecule has 2 N–H and O–H groups in total. The van der Waals surface area contributed by atoms with E-state index in [4.69, 9.17) is 11.6 Å². The van der Waals surface area contributed by atoms with Crippen molar-refractivity contribution in [3.05, 3.63) is 64.9 Å². The van der Waals surface area contributed by atoms with Crippen LogP contribution in [0, 0.1) is 0 Å². The number of carbonyl (C=O) groups is 1. The molecule has 0 saturated heterocycles. The van der Waals surface area contributed by atoms with Gasteiger partial charge in [0.1, 0.15) is 0 Å². The molecule has 1 amide bonds. The molecule has 6 heteroatoms. The van der Waals surface area contributed by atoms with Crippen molar-refractivity contribution in [2.45, 2.75) is 11.8 Å². The second kappa shape index (κ2) is 8.78. The Balaban J connectivity index is 1.81. The second-order valence-corrected chi connectivity index (χ2v) is 6.12. The fourth-order valence-electron chi connectivity index (χ4n) is 1.91. The maximum Gasteiger partial charge on any atom is 0.230 e. The molecule has 1 heterocycles. The SMILES string of the molecule is O=C(CSCc1ccncc1)NC(CO)c1ccc(Cl)cc1. The van der Waals surface area contributed by atoms with Gasteiger partial charge in [0.2, 0.25) is 5.91 Å². The highest BCUT2D eigenvalue weighted by atomic mass is 35.5. The van der Waals surface area contributed by atoms with Crippen LogP contribution >= 0.6 is 23.4 Å². The minimum atomic E-state index is -0.411. The van der Waals surface area contributed by atoms with E-state index in [1.807, 2.05) is 12.1 Å². The number of rotatable bonds is 7. The van der Waals surface area contributed by atoms with Gasteiger partial charge in [-0.15, -0.1) is 11.8 Å². The number of nitrogens with zero attached hydrogens (tertiary/aromatic N) is 1. The van der Waals surface area contributed by atoms with Crippen LogP contribution in [0.15, 0.2) is 48.8 Å². The smallest absolute Gasteiger partial charge is 0.230 e. The van der Waals surface area contributed by atoms with Crippen molar-refractivity contribution in [1.29, 1.82) is 0 Å². The van der Waals surface area contributed by atoms with E-state index in [-0.39, 0.29) is 12.5 Å². The topological polar surface area (TPSA) is 62.2 Å². The lowest BCUT2D eigenvalue weighted by molar-refractivity contribution is -0.119. The Labute approximate surface area is 138 Å². The molecule has 116 valence electrons. The summed E-state index contributed by atoms with van der Waals surface area (Å²) in [4.78, 5) is 15.9. The van der Waals surface area contributed by atoms with Crippen LogP contribution in [0.3, 0.4) is 0 Å². The van der Waals surface area contributed by atoms with E-state index < -0.39 is 6.04 Å². The molecule has 0 bridgehead atoms. The predicted octanol–water partition coefficient (Wildman–Crippen LogP) is 2.82. The minimum absolute atomic E-state index is 0.104. The number of benzene rings is 1. The number of amides is 1. The summed E-state index contributed by atoms with van der Waals surface area (Å²) in [6.07, 6.45) is 3.47. The van der Waals surface area contributed by atoms with E-state index in [1.54, 1.807) is 36.7 Å². The Morgan fingerprint density at radius 2 is 1.91 bits per heavy atom. The van der Waals surface area contributed by atoms with Gasteiger partial charge in [-0.05, 0) is 35.4 Å². The van der Waals surface area contributed by atoms with E-state index in [0.29, 0.717) is 10.8 Å². The molecule has 0 radical (unpaired) electrons. The zero-order valence-corrected chi connectivity index (χ0v) is 13.5. The monoisotopic (exact) mass is 336 g/mol. The Morgan fingerprint density at radius 1 is 1.23 bits per heavy atom. The summed E-state index contributed by atoms with van der Waals surface area (Å²) < 4.78 is 0. The maximum absolute atomic E-state index is 12.0. The third kappa shape index (κ3) is 5.33. The summed E-state index contributed by atoms with van der Waals surface area (Å²) in [6, 6.07) is 10.5. The van der Waals surface area contributed by atoms with Gasteiger partial charge in [0, 0.05) is 23.2 Å². The molecule has 1 atom stereocenters. The van der Waals surface area contributed by atoms with Gasteiger partial charge in [-0.2, -0.15) is 0 Å². The number of hydrogen-bond acceptors (Lipinski definition) is 4. The number of halogens is 1. The molecule has 0 fully saturated rings. The Hall–Kier alpha value is -1.56. The highest BCUT2D eigenvalue weighted by Gasteiger charge is 2.13. The number of carbonyl (C=O) groups excluding carboxylic acids is 1. The van der Waals surface area contributed by atoms with Gasteiger partial charge in [0.05, 0.1) is 18.4 Å². The molecule has 22 heavy (non-hydrogen) atoms. The van der Waals surface area contributed by atoms with Gasteiger partial charge in [-0.1, -0.05) is 23.7 Å². The summed E-state index contributed by atoms with van der Waals surface area (Å²) >= 11 is 7.36. The molecule has 0 aliphatic rings. The molecule has 4 nitrogen and oxygen atoms in total. The lowest BCUT2D eigenvalue weighted by Gasteiger charge is -2.16. The molecule has 0 saturated carbocycles.